The quantitative estimate of drug-likeness (QED) is 0.687. The van der Waals surface area contributed by atoms with Gasteiger partial charge in [0.05, 0.1) is 5.52 Å². The lowest BCUT2D eigenvalue weighted by molar-refractivity contribution is 0.756. The molecule has 136 valence electrons. The molecular weight excluding hydrogens is 355 g/mol. The van der Waals surface area contributed by atoms with Gasteiger partial charge in [-0.15, -0.1) is 0 Å². The summed E-state index contributed by atoms with van der Waals surface area (Å²) < 4.78 is 0. The van der Waals surface area contributed by atoms with Crippen molar-refractivity contribution >= 4 is 47.3 Å². The molecule has 27 heavy (non-hydrogen) atoms. The van der Waals surface area contributed by atoms with Gasteiger partial charge in [-0.3, -0.25) is 0 Å². The predicted molar refractivity (Wildman–Crippen MR) is 115 cm³/mol. The van der Waals surface area contributed by atoms with Crippen LogP contribution < -0.4 is 21.4 Å². The molecule has 0 saturated heterocycles. The summed E-state index contributed by atoms with van der Waals surface area (Å²) in [4.78, 5) is 7.25. The topological polar surface area (TPSA) is 54.2 Å². The van der Waals surface area contributed by atoms with Gasteiger partial charge in [-0.25, -0.2) is 4.98 Å². The molecule has 0 fully saturated rings. The van der Waals surface area contributed by atoms with E-state index in [1.165, 1.54) is 11.1 Å². The number of aryl methyl sites for hydroxylation is 1. The standard InChI is InChI=1S/C21H22BClN4/c22-16-4-3-15-13-27(9-1-2-14(15)10-16)21-12-20(25-8-7-24)18-11-17(23)5-6-19(18)26-21/h3-6,10-12H,1-2,7-9,13,24H2,(H,25,26). The number of fused-ring (bicyclic) bond motifs is 2. The lowest BCUT2D eigenvalue weighted by Gasteiger charge is -2.24. The Labute approximate surface area is 166 Å². The Kier molecular flexibility index (Phi) is 5.23. The third-order valence-electron chi connectivity index (χ3n) is 5.01. The molecule has 0 atom stereocenters. The number of hydrogen-bond donors (Lipinski definition) is 2. The second-order valence-electron chi connectivity index (χ2n) is 6.96. The summed E-state index contributed by atoms with van der Waals surface area (Å²) in [6.45, 7) is 3.06. The largest absolute Gasteiger partial charge is 0.383 e. The minimum absolute atomic E-state index is 0.568. The Morgan fingerprint density at radius 2 is 2.04 bits per heavy atom. The van der Waals surface area contributed by atoms with Crippen LogP contribution in [0.15, 0.2) is 42.5 Å². The van der Waals surface area contributed by atoms with Crippen LogP contribution in [0.2, 0.25) is 5.02 Å². The summed E-state index contributed by atoms with van der Waals surface area (Å²) in [5, 5.41) is 5.14. The van der Waals surface area contributed by atoms with Crippen LogP contribution in [0, 0.1) is 0 Å². The number of anilines is 2. The molecule has 4 rings (SSSR count). The number of aromatic nitrogens is 1. The molecule has 2 heterocycles. The van der Waals surface area contributed by atoms with Crippen molar-refractivity contribution in [2.45, 2.75) is 19.4 Å². The maximum atomic E-state index is 6.20. The molecule has 4 nitrogen and oxygen atoms in total. The maximum Gasteiger partial charge on any atom is 0.131 e. The van der Waals surface area contributed by atoms with Crippen molar-refractivity contribution in [2.75, 3.05) is 29.9 Å². The van der Waals surface area contributed by atoms with Gasteiger partial charge in [-0.05, 0) is 42.2 Å². The Bertz CT molecular complexity index is 976. The first kappa shape index (κ1) is 18.1. The fourth-order valence-electron chi connectivity index (χ4n) is 3.67. The zero-order valence-electron chi connectivity index (χ0n) is 15.2. The van der Waals surface area contributed by atoms with Gasteiger partial charge in [0.2, 0.25) is 0 Å². The number of rotatable bonds is 4. The average Bonchev–Trinajstić information content (AvgIpc) is 2.88. The zero-order valence-corrected chi connectivity index (χ0v) is 16.0. The highest BCUT2D eigenvalue weighted by atomic mass is 35.5. The van der Waals surface area contributed by atoms with Crippen LogP contribution in [0.5, 0.6) is 0 Å². The second kappa shape index (κ2) is 7.79. The molecule has 0 unspecified atom stereocenters. The second-order valence-corrected chi connectivity index (χ2v) is 7.39. The summed E-state index contributed by atoms with van der Waals surface area (Å²) in [6.07, 6.45) is 2.11. The molecule has 0 aliphatic carbocycles. The van der Waals surface area contributed by atoms with Crippen molar-refractivity contribution in [3.8, 4) is 0 Å². The summed E-state index contributed by atoms with van der Waals surface area (Å²) in [6, 6.07) is 14.1. The van der Waals surface area contributed by atoms with Gasteiger partial charge >= 0.3 is 0 Å². The summed E-state index contributed by atoms with van der Waals surface area (Å²) in [5.74, 6) is 0.967. The van der Waals surface area contributed by atoms with Crippen LogP contribution in [-0.4, -0.2) is 32.5 Å². The SMILES string of the molecule is [B]c1ccc2c(c1)CCCN(c1cc(NCCN)c3cc(Cl)ccc3n1)C2. The lowest BCUT2D eigenvalue weighted by atomic mass is 9.91. The number of benzene rings is 2. The van der Waals surface area contributed by atoms with E-state index in [2.05, 4.69) is 28.4 Å². The Morgan fingerprint density at radius 3 is 2.89 bits per heavy atom. The monoisotopic (exact) mass is 376 g/mol. The Hall–Kier alpha value is -2.24. The van der Waals surface area contributed by atoms with Gasteiger partial charge in [0.25, 0.3) is 0 Å². The summed E-state index contributed by atoms with van der Waals surface area (Å²) in [7, 11) is 5.96. The Balaban J connectivity index is 1.74. The van der Waals surface area contributed by atoms with Crippen molar-refractivity contribution < 1.29 is 0 Å². The number of nitrogens with two attached hydrogens (primary N) is 1. The van der Waals surface area contributed by atoms with Crippen LogP contribution in [-0.2, 0) is 13.0 Å². The molecule has 1 aliphatic rings. The first-order valence-corrected chi connectivity index (χ1v) is 9.68. The fraction of sp³-hybridized carbons (Fsp3) is 0.286. The number of pyridine rings is 1. The number of nitrogens with zero attached hydrogens (tertiary/aromatic N) is 2. The van der Waals surface area contributed by atoms with E-state index < -0.39 is 0 Å². The number of hydrogen-bond acceptors (Lipinski definition) is 4. The van der Waals surface area contributed by atoms with Crippen molar-refractivity contribution in [2.24, 2.45) is 5.73 Å². The molecule has 0 bridgehead atoms. The van der Waals surface area contributed by atoms with E-state index in [0.29, 0.717) is 18.1 Å². The summed E-state index contributed by atoms with van der Waals surface area (Å²) >= 11 is 6.20. The highest BCUT2D eigenvalue weighted by Gasteiger charge is 2.17. The molecule has 1 aromatic heterocycles. The van der Waals surface area contributed by atoms with Gasteiger partial charge in [-0.2, -0.15) is 0 Å². The first-order valence-electron chi connectivity index (χ1n) is 9.30. The third-order valence-corrected chi connectivity index (χ3v) is 5.24. The summed E-state index contributed by atoms with van der Waals surface area (Å²) in [5.41, 5.74) is 11.1. The smallest absolute Gasteiger partial charge is 0.131 e. The highest BCUT2D eigenvalue weighted by molar-refractivity contribution is 6.32. The normalized spacial score (nSPS) is 14.1. The van der Waals surface area contributed by atoms with E-state index in [-0.39, 0.29) is 0 Å². The first-order chi connectivity index (χ1) is 13.1. The van der Waals surface area contributed by atoms with E-state index in [1.807, 2.05) is 24.3 Å². The molecule has 2 aromatic carbocycles. The molecular formula is C21H22BClN4. The van der Waals surface area contributed by atoms with Crippen molar-refractivity contribution in [1.82, 2.24) is 4.98 Å². The van der Waals surface area contributed by atoms with Gasteiger partial charge < -0.3 is 16.0 Å². The van der Waals surface area contributed by atoms with Crippen LogP contribution in [0.3, 0.4) is 0 Å². The van der Waals surface area contributed by atoms with Crippen LogP contribution in [0.4, 0.5) is 11.5 Å². The molecule has 0 amide bonds. The minimum atomic E-state index is 0.568. The van der Waals surface area contributed by atoms with Gasteiger partial charge in [0.1, 0.15) is 13.7 Å². The zero-order chi connectivity index (χ0) is 18.8. The number of nitrogens with one attached hydrogen (secondary N) is 1. The average molecular weight is 377 g/mol. The van der Waals surface area contributed by atoms with Gasteiger partial charge in [0, 0.05) is 48.3 Å². The van der Waals surface area contributed by atoms with Gasteiger partial charge in [-0.1, -0.05) is 35.3 Å². The van der Waals surface area contributed by atoms with E-state index in [4.69, 9.17) is 30.2 Å². The molecule has 0 spiro atoms. The molecule has 3 aromatic rings. The highest BCUT2D eigenvalue weighted by Crippen LogP contribution is 2.31. The molecule has 1 aliphatic heterocycles. The van der Waals surface area contributed by atoms with E-state index in [9.17, 15) is 0 Å². The van der Waals surface area contributed by atoms with Crippen molar-refractivity contribution in [1.29, 1.82) is 0 Å². The molecule has 2 radical (unpaired) electrons. The van der Waals surface area contributed by atoms with Crippen molar-refractivity contribution in [3.05, 3.63) is 58.6 Å². The van der Waals surface area contributed by atoms with E-state index in [1.54, 1.807) is 0 Å². The molecule has 0 saturated carbocycles. The maximum absolute atomic E-state index is 6.20. The molecule has 6 heteroatoms. The fourth-order valence-corrected chi connectivity index (χ4v) is 3.84. The lowest BCUT2D eigenvalue weighted by Crippen LogP contribution is -2.24. The Morgan fingerprint density at radius 1 is 1.15 bits per heavy atom. The molecule has 3 N–H and O–H groups in total. The van der Waals surface area contributed by atoms with Crippen LogP contribution in [0.1, 0.15) is 17.5 Å². The van der Waals surface area contributed by atoms with Crippen LogP contribution in [0.25, 0.3) is 10.9 Å². The van der Waals surface area contributed by atoms with Gasteiger partial charge in [0.15, 0.2) is 0 Å². The third kappa shape index (κ3) is 3.89. The van der Waals surface area contributed by atoms with Crippen LogP contribution >= 0.6 is 11.6 Å². The van der Waals surface area contributed by atoms with Crippen molar-refractivity contribution in [3.63, 3.8) is 0 Å². The van der Waals surface area contributed by atoms with E-state index in [0.717, 1.165) is 53.8 Å². The minimum Gasteiger partial charge on any atom is -0.383 e. The predicted octanol–water partition coefficient (Wildman–Crippen LogP) is 3.01. The van der Waals surface area contributed by atoms with E-state index >= 15 is 0 Å². The number of halogens is 1.